The summed E-state index contributed by atoms with van der Waals surface area (Å²) in [7, 11) is 0. The minimum Gasteiger partial charge on any atom is -0.488 e. The van der Waals surface area contributed by atoms with Gasteiger partial charge in [-0.2, -0.15) is 0 Å². The van der Waals surface area contributed by atoms with Gasteiger partial charge >= 0.3 is 0 Å². The van der Waals surface area contributed by atoms with Crippen LogP contribution in [0.3, 0.4) is 0 Å². The maximum Gasteiger partial charge on any atom is 0.262 e. The Balaban J connectivity index is 1.78. The lowest BCUT2D eigenvalue weighted by atomic mass is 10.2. The molecule has 0 fully saturated rings. The van der Waals surface area contributed by atoms with E-state index in [0.717, 1.165) is 43.7 Å². The van der Waals surface area contributed by atoms with Crippen molar-refractivity contribution in [1.82, 2.24) is 14.5 Å². The topological polar surface area (TPSA) is 47.4 Å². The van der Waals surface area contributed by atoms with Gasteiger partial charge in [0, 0.05) is 24.9 Å². The lowest BCUT2D eigenvalue weighted by Crippen LogP contribution is -2.28. The van der Waals surface area contributed by atoms with Gasteiger partial charge in [0.2, 0.25) is 0 Å². The number of aromatic nitrogens is 2. The number of aryl methyl sites for hydroxylation is 1. The number of benzene rings is 1. The molecule has 26 heavy (non-hydrogen) atoms. The molecule has 5 nitrogen and oxygen atoms in total. The van der Waals surface area contributed by atoms with Crippen molar-refractivity contribution in [3.8, 4) is 5.75 Å². The van der Waals surface area contributed by atoms with E-state index in [4.69, 9.17) is 4.74 Å². The Bertz CT molecular complexity index is 1020. The summed E-state index contributed by atoms with van der Waals surface area (Å²) in [5.74, 6) is 0.678. The largest absolute Gasteiger partial charge is 0.488 e. The Morgan fingerprint density at radius 3 is 2.92 bits per heavy atom. The van der Waals surface area contributed by atoms with Crippen molar-refractivity contribution in [2.45, 2.75) is 33.2 Å². The predicted octanol–water partition coefficient (Wildman–Crippen LogP) is 3.42. The van der Waals surface area contributed by atoms with Crippen molar-refractivity contribution < 1.29 is 9.13 Å². The normalized spacial score (nSPS) is 13.8. The van der Waals surface area contributed by atoms with Gasteiger partial charge in [-0.1, -0.05) is 13.8 Å². The number of hydrogen-bond donors (Lipinski definition) is 0. The fraction of sp³-hybridized carbons (Fsp3) is 0.474. The van der Waals surface area contributed by atoms with E-state index in [2.05, 4.69) is 23.7 Å². The molecule has 1 aliphatic rings. The van der Waals surface area contributed by atoms with Gasteiger partial charge in [-0.15, -0.1) is 11.3 Å². The molecular weight excluding hydrogens is 353 g/mol. The molecule has 3 heterocycles. The van der Waals surface area contributed by atoms with E-state index in [1.807, 2.05) is 0 Å². The Morgan fingerprint density at radius 1 is 1.35 bits per heavy atom. The van der Waals surface area contributed by atoms with Crippen LogP contribution in [0.2, 0.25) is 0 Å². The summed E-state index contributed by atoms with van der Waals surface area (Å²) in [5, 5.41) is 1.33. The Hall–Kier alpha value is -1.99. The fourth-order valence-electron chi connectivity index (χ4n) is 3.58. The molecule has 0 spiro atoms. The standard InChI is InChI=1S/C19H22FN3O2S/c1-3-22(4-2)10-11-25-16-13(20)8-7-12-15-18(26-17(12)16)21-14-6-5-9-23(14)19(15)24/h7-8H,3-6,9-11H2,1-2H3. The second-order valence-electron chi connectivity index (χ2n) is 6.50. The molecule has 1 aliphatic heterocycles. The number of halogens is 1. The van der Waals surface area contributed by atoms with E-state index in [1.165, 1.54) is 17.4 Å². The fourth-order valence-corrected chi connectivity index (χ4v) is 4.76. The van der Waals surface area contributed by atoms with Gasteiger partial charge in [0.25, 0.3) is 5.56 Å². The van der Waals surface area contributed by atoms with E-state index >= 15 is 0 Å². The first kappa shape index (κ1) is 17.4. The summed E-state index contributed by atoms with van der Waals surface area (Å²) in [6.45, 7) is 7.91. The number of rotatable bonds is 6. The van der Waals surface area contributed by atoms with E-state index in [0.29, 0.717) is 28.1 Å². The molecule has 0 radical (unpaired) electrons. The molecule has 0 N–H and O–H groups in total. The highest BCUT2D eigenvalue weighted by Gasteiger charge is 2.22. The third-order valence-electron chi connectivity index (χ3n) is 5.08. The molecule has 138 valence electrons. The first-order valence-corrected chi connectivity index (χ1v) is 9.95. The zero-order valence-electron chi connectivity index (χ0n) is 15.0. The lowest BCUT2D eigenvalue weighted by Gasteiger charge is -2.18. The highest BCUT2D eigenvalue weighted by atomic mass is 32.1. The van der Waals surface area contributed by atoms with Crippen molar-refractivity contribution in [3.05, 3.63) is 34.1 Å². The molecule has 0 aliphatic carbocycles. The van der Waals surface area contributed by atoms with E-state index in [-0.39, 0.29) is 11.3 Å². The maximum absolute atomic E-state index is 14.4. The predicted molar refractivity (Wildman–Crippen MR) is 103 cm³/mol. The van der Waals surface area contributed by atoms with Gasteiger partial charge in [-0.25, -0.2) is 9.37 Å². The first-order valence-electron chi connectivity index (χ1n) is 9.13. The van der Waals surface area contributed by atoms with E-state index < -0.39 is 5.82 Å². The monoisotopic (exact) mass is 375 g/mol. The number of fused-ring (bicyclic) bond motifs is 4. The molecule has 0 atom stereocenters. The molecule has 0 saturated carbocycles. The molecule has 3 aromatic rings. The van der Waals surface area contributed by atoms with Crippen LogP contribution in [0.15, 0.2) is 16.9 Å². The highest BCUT2D eigenvalue weighted by molar-refractivity contribution is 7.25. The smallest absolute Gasteiger partial charge is 0.262 e. The molecule has 2 aromatic heterocycles. The molecule has 4 rings (SSSR count). The SMILES string of the molecule is CCN(CC)CCOc1c(F)ccc2c1sc1nc3n(c(=O)c12)CCC3. The van der Waals surface area contributed by atoms with Crippen molar-refractivity contribution in [3.63, 3.8) is 0 Å². The van der Waals surface area contributed by atoms with Crippen LogP contribution in [0.25, 0.3) is 20.3 Å². The zero-order valence-corrected chi connectivity index (χ0v) is 15.9. The zero-order chi connectivity index (χ0) is 18.3. The average Bonchev–Trinajstić information content (AvgIpc) is 3.25. The van der Waals surface area contributed by atoms with Crippen LogP contribution in [-0.2, 0) is 13.0 Å². The minimum absolute atomic E-state index is 0.0190. The third-order valence-corrected chi connectivity index (χ3v) is 6.18. The maximum atomic E-state index is 14.4. The Kier molecular flexibility index (Phi) is 4.67. The number of nitrogens with zero attached hydrogens (tertiary/aromatic N) is 3. The first-order chi connectivity index (χ1) is 12.6. The molecule has 1 aromatic carbocycles. The van der Waals surface area contributed by atoms with Crippen LogP contribution >= 0.6 is 11.3 Å². The van der Waals surface area contributed by atoms with Crippen molar-refractivity contribution in [2.75, 3.05) is 26.2 Å². The van der Waals surface area contributed by atoms with Crippen molar-refractivity contribution >= 4 is 31.6 Å². The van der Waals surface area contributed by atoms with Gasteiger partial charge in [0.1, 0.15) is 17.3 Å². The van der Waals surface area contributed by atoms with Gasteiger partial charge in [0.15, 0.2) is 11.6 Å². The van der Waals surface area contributed by atoms with E-state index in [1.54, 1.807) is 10.6 Å². The average molecular weight is 375 g/mol. The number of likely N-dealkylation sites (N-methyl/N-ethyl adjacent to an activating group) is 1. The molecular formula is C19H22FN3O2S. The summed E-state index contributed by atoms with van der Waals surface area (Å²) < 4.78 is 22.7. The van der Waals surface area contributed by atoms with Crippen molar-refractivity contribution in [2.24, 2.45) is 0 Å². The van der Waals surface area contributed by atoms with Gasteiger partial charge in [-0.3, -0.25) is 9.36 Å². The van der Waals surface area contributed by atoms with Crippen LogP contribution in [-0.4, -0.2) is 40.7 Å². The molecule has 0 amide bonds. The van der Waals surface area contributed by atoms with Crippen LogP contribution in [0.1, 0.15) is 26.1 Å². The van der Waals surface area contributed by atoms with Gasteiger partial charge < -0.3 is 9.64 Å². The quantitative estimate of drug-likeness (QED) is 0.662. The van der Waals surface area contributed by atoms with Crippen LogP contribution in [0.5, 0.6) is 5.75 Å². The summed E-state index contributed by atoms with van der Waals surface area (Å²) >= 11 is 1.35. The van der Waals surface area contributed by atoms with Crippen molar-refractivity contribution in [1.29, 1.82) is 0 Å². The summed E-state index contributed by atoms with van der Waals surface area (Å²) in [6.07, 6.45) is 1.77. The molecule has 0 unspecified atom stereocenters. The Morgan fingerprint density at radius 2 is 2.15 bits per heavy atom. The number of thiophene rings is 1. The Labute approximate surface area is 155 Å². The lowest BCUT2D eigenvalue weighted by molar-refractivity contribution is 0.219. The molecule has 7 heteroatoms. The molecule has 0 saturated heterocycles. The van der Waals surface area contributed by atoms with Crippen LogP contribution in [0, 0.1) is 5.82 Å². The third kappa shape index (κ3) is 2.79. The molecule has 0 bridgehead atoms. The minimum atomic E-state index is -0.392. The number of ether oxygens (including phenoxy) is 1. The van der Waals surface area contributed by atoms with Crippen LogP contribution < -0.4 is 10.3 Å². The number of hydrogen-bond acceptors (Lipinski definition) is 5. The van der Waals surface area contributed by atoms with Gasteiger partial charge in [-0.05, 0) is 31.6 Å². The van der Waals surface area contributed by atoms with Gasteiger partial charge in [0.05, 0.1) is 10.1 Å². The highest BCUT2D eigenvalue weighted by Crippen LogP contribution is 2.39. The summed E-state index contributed by atoms with van der Waals surface area (Å²) in [4.78, 5) is 20.4. The second-order valence-corrected chi connectivity index (χ2v) is 7.50. The second kappa shape index (κ2) is 6.96. The van der Waals surface area contributed by atoms with Crippen LogP contribution in [0.4, 0.5) is 4.39 Å². The summed E-state index contributed by atoms with van der Waals surface area (Å²) in [6, 6.07) is 3.06. The van der Waals surface area contributed by atoms with E-state index in [9.17, 15) is 9.18 Å². The summed E-state index contributed by atoms with van der Waals surface area (Å²) in [5.41, 5.74) is -0.0190.